The van der Waals surface area contributed by atoms with Gasteiger partial charge in [-0.15, -0.1) is 0 Å². The largest absolute Gasteiger partial charge is 0.481 e. The van der Waals surface area contributed by atoms with E-state index in [1.54, 1.807) is 6.07 Å². The number of hydrogen-bond donors (Lipinski definition) is 2. The molecule has 2 N–H and O–H groups in total. The highest BCUT2D eigenvalue weighted by Gasteiger charge is 2.33. The average Bonchev–Trinajstić information content (AvgIpc) is 2.32. The zero-order valence-corrected chi connectivity index (χ0v) is 9.79. The first-order valence-corrected chi connectivity index (χ1v) is 5.41. The van der Waals surface area contributed by atoms with Crippen LogP contribution in [-0.2, 0) is 11.0 Å². The number of rotatable bonds is 5. The first-order valence-electron chi connectivity index (χ1n) is 5.41. The molecule has 0 aliphatic heterocycles. The van der Waals surface area contributed by atoms with Gasteiger partial charge in [-0.25, -0.2) is 0 Å². The molecule has 0 aromatic heterocycles. The molecule has 1 rings (SSSR count). The lowest BCUT2D eigenvalue weighted by Crippen LogP contribution is -2.12. The highest BCUT2D eigenvalue weighted by Crippen LogP contribution is 2.35. The molecule has 0 saturated carbocycles. The number of carboxylic acid groups (broad SMARTS) is 1. The van der Waals surface area contributed by atoms with Crippen molar-refractivity contribution in [3.8, 4) is 6.07 Å². The Kier molecular flexibility index (Phi) is 4.75. The molecule has 0 aliphatic rings. The van der Waals surface area contributed by atoms with Crippen LogP contribution in [0.15, 0.2) is 18.2 Å². The van der Waals surface area contributed by atoms with E-state index in [1.807, 2.05) is 0 Å². The normalized spacial score (nSPS) is 10.8. The third kappa shape index (κ3) is 4.50. The Balaban J connectivity index is 2.84. The first kappa shape index (κ1) is 14.8. The maximum Gasteiger partial charge on any atom is 0.418 e. The van der Waals surface area contributed by atoms with Crippen LogP contribution in [-0.4, -0.2) is 17.6 Å². The minimum absolute atomic E-state index is 0.0876. The Morgan fingerprint density at radius 1 is 1.42 bits per heavy atom. The summed E-state index contributed by atoms with van der Waals surface area (Å²) >= 11 is 0. The number of benzene rings is 1. The number of carbonyl (C=O) groups is 1. The van der Waals surface area contributed by atoms with Crippen LogP contribution < -0.4 is 5.32 Å². The summed E-state index contributed by atoms with van der Waals surface area (Å²) in [4.78, 5) is 10.3. The maximum atomic E-state index is 12.7. The summed E-state index contributed by atoms with van der Waals surface area (Å²) in [7, 11) is 0. The lowest BCUT2D eigenvalue weighted by molar-refractivity contribution is -0.138. The first-order chi connectivity index (χ1) is 8.84. The summed E-state index contributed by atoms with van der Waals surface area (Å²) in [5, 5.41) is 19.6. The zero-order chi connectivity index (χ0) is 14.5. The molecule has 0 heterocycles. The Morgan fingerprint density at radius 3 is 2.63 bits per heavy atom. The second kappa shape index (κ2) is 6.09. The van der Waals surface area contributed by atoms with Gasteiger partial charge in [-0.3, -0.25) is 4.79 Å². The summed E-state index contributed by atoms with van der Waals surface area (Å²) in [6.07, 6.45) is -4.46. The van der Waals surface area contributed by atoms with E-state index in [1.165, 1.54) is 0 Å². The Hall–Kier alpha value is -2.23. The smallest absolute Gasteiger partial charge is 0.418 e. The Morgan fingerprint density at radius 2 is 2.11 bits per heavy atom. The van der Waals surface area contributed by atoms with Crippen LogP contribution in [0.3, 0.4) is 0 Å². The van der Waals surface area contributed by atoms with Gasteiger partial charge in [0.2, 0.25) is 0 Å². The molecule has 19 heavy (non-hydrogen) atoms. The topological polar surface area (TPSA) is 73.1 Å². The highest BCUT2D eigenvalue weighted by atomic mass is 19.4. The Labute approximate surface area is 107 Å². The number of hydrogen-bond acceptors (Lipinski definition) is 3. The van der Waals surface area contributed by atoms with Crippen LogP contribution in [0.25, 0.3) is 0 Å². The van der Waals surface area contributed by atoms with Gasteiger partial charge < -0.3 is 10.4 Å². The van der Waals surface area contributed by atoms with Gasteiger partial charge in [0.15, 0.2) is 0 Å². The standard InChI is InChI=1S/C12H11F3N2O2/c13-12(14,15)9-4-3-8(7-16)6-10(9)17-5-1-2-11(18)19/h3-4,6,17H,1-2,5H2,(H,18,19). The molecule has 102 valence electrons. The van der Waals surface area contributed by atoms with E-state index in [2.05, 4.69) is 5.32 Å². The highest BCUT2D eigenvalue weighted by molar-refractivity contribution is 5.66. The fourth-order valence-electron chi connectivity index (χ4n) is 1.47. The third-order valence-corrected chi connectivity index (χ3v) is 2.34. The maximum absolute atomic E-state index is 12.7. The summed E-state index contributed by atoms with van der Waals surface area (Å²) in [5.74, 6) is -1.01. The van der Waals surface area contributed by atoms with Gasteiger partial charge in [0.25, 0.3) is 0 Å². The molecule has 0 amide bonds. The van der Waals surface area contributed by atoms with Crippen molar-refractivity contribution in [1.29, 1.82) is 5.26 Å². The van der Waals surface area contributed by atoms with Crippen molar-refractivity contribution in [3.05, 3.63) is 29.3 Å². The minimum Gasteiger partial charge on any atom is -0.481 e. The van der Waals surface area contributed by atoms with E-state index in [-0.39, 0.29) is 30.6 Å². The molecular weight excluding hydrogens is 261 g/mol. The van der Waals surface area contributed by atoms with E-state index in [0.717, 1.165) is 18.2 Å². The van der Waals surface area contributed by atoms with Gasteiger partial charge in [-0.2, -0.15) is 18.4 Å². The van der Waals surface area contributed by atoms with E-state index in [0.29, 0.717) is 0 Å². The van der Waals surface area contributed by atoms with Crippen molar-refractivity contribution in [2.24, 2.45) is 0 Å². The van der Waals surface area contributed by atoms with Crippen LogP contribution in [0.5, 0.6) is 0 Å². The third-order valence-electron chi connectivity index (χ3n) is 2.34. The molecule has 0 bridgehead atoms. The fourth-order valence-corrected chi connectivity index (χ4v) is 1.47. The predicted octanol–water partition coefficient (Wildman–Crippen LogP) is 2.85. The van der Waals surface area contributed by atoms with Crippen LogP contribution in [0.1, 0.15) is 24.0 Å². The number of aliphatic carboxylic acids is 1. The van der Waals surface area contributed by atoms with E-state index in [4.69, 9.17) is 10.4 Å². The molecule has 0 fully saturated rings. The van der Waals surface area contributed by atoms with E-state index in [9.17, 15) is 18.0 Å². The molecule has 0 radical (unpaired) electrons. The average molecular weight is 272 g/mol. The van der Waals surface area contributed by atoms with Crippen molar-refractivity contribution < 1.29 is 23.1 Å². The Bertz CT molecular complexity index is 507. The second-order valence-electron chi connectivity index (χ2n) is 3.79. The molecule has 4 nitrogen and oxygen atoms in total. The summed E-state index contributed by atoms with van der Waals surface area (Å²) < 4.78 is 38.1. The van der Waals surface area contributed by atoms with Gasteiger partial charge in [0.05, 0.1) is 17.2 Å². The fraction of sp³-hybridized carbons (Fsp3) is 0.333. The number of alkyl halides is 3. The van der Waals surface area contributed by atoms with Crippen molar-refractivity contribution in [2.75, 3.05) is 11.9 Å². The predicted molar refractivity (Wildman–Crippen MR) is 61.5 cm³/mol. The quantitative estimate of drug-likeness (QED) is 0.808. The summed E-state index contributed by atoms with van der Waals surface area (Å²) in [6.45, 7) is 0.0876. The molecule has 0 saturated heterocycles. The lowest BCUT2D eigenvalue weighted by atomic mass is 10.1. The molecule has 1 aromatic rings. The number of nitriles is 1. The van der Waals surface area contributed by atoms with Crippen LogP contribution in [0, 0.1) is 11.3 Å². The van der Waals surface area contributed by atoms with Gasteiger partial charge in [0, 0.05) is 18.7 Å². The summed E-state index contributed by atoms with van der Waals surface area (Å²) in [6, 6.07) is 4.77. The molecule has 0 atom stereocenters. The van der Waals surface area contributed by atoms with Crippen LogP contribution >= 0.6 is 0 Å². The molecule has 0 aliphatic carbocycles. The van der Waals surface area contributed by atoms with Gasteiger partial charge >= 0.3 is 12.1 Å². The number of carboxylic acids is 1. The van der Waals surface area contributed by atoms with Crippen LogP contribution in [0.4, 0.5) is 18.9 Å². The summed E-state index contributed by atoms with van der Waals surface area (Å²) in [5.41, 5.74) is -0.979. The number of anilines is 1. The van der Waals surface area contributed by atoms with Gasteiger partial charge in [0.1, 0.15) is 0 Å². The van der Waals surface area contributed by atoms with Crippen molar-refractivity contribution in [2.45, 2.75) is 19.0 Å². The molecule has 1 aromatic carbocycles. The number of halogens is 3. The molecular formula is C12H11F3N2O2. The number of nitrogens with zero attached hydrogens (tertiary/aromatic N) is 1. The van der Waals surface area contributed by atoms with E-state index < -0.39 is 17.7 Å². The monoisotopic (exact) mass is 272 g/mol. The molecule has 0 spiro atoms. The molecule has 7 heteroatoms. The molecule has 0 unspecified atom stereocenters. The minimum atomic E-state index is -4.52. The van der Waals surface area contributed by atoms with E-state index >= 15 is 0 Å². The van der Waals surface area contributed by atoms with Crippen molar-refractivity contribution >= 4 is 11.7 Å². The van der Waals surface area contributed by atoms with Crippen LogP contribution in [0.2, 0.25) is 0 Å². The zero-order valence-electron chi connectivity index (χ0n) is 9.79. The van der Waals surface area contributed by atoms with Gasteiger partial charge in [-0.1, -0.05) is 0 Å². The van der Waals surface area contributed by atoms with Crippen molar-refractivity contribution in [1.82, 2.24) is 0 Å². The second-order valence-corrected chi connectivity index (χ2v) is 3.79. The van der Waals surface area contributed by atoms with Crippen molar-refractivity contribution in [3.63, 3.8) is 0 Å². The van der Waals surface area contributed by atoms with Gasteiger partial charge in [-0.05, 0) is 24.6 Å². The SMILES string of the molecule is N#Cc1ccc(C(F)(F)F)c(NCCCC(=O)O)c1. The number of nitrogens with one attached hydrogen (secondary N) is 1. The lowest BCUT2D eigenvalue weighted by Gasteiger charge is -2.14.